The molecule has 1 unspecified atom stereocenters. The molecule has 0 aliphatic rings. The van der Waals surface area contributed by atoms with Crippen LogP contribution in [0.4, 0.5) is 0 Å². The summed E-state index contributed by atoms with van der Waals surface area (Å²) >= 11 is 0. The van der Waals surface area contributed by atoms with E-state index in [1.165, 1.54) is 6.20 Å². The molecule has 0 N–H and O–H groups in total. The number of hydrogen-bond donors (Lipinski definition) is 0. The number of hydrogen-bond acceptors (Lipinski definition) is 3. The lowest BCUT2D eigenvalue weighted by molar-refractivity contribution is -0.134. The minimum absolute atomic E-state index is 0.0189. The van der Waals surface area contributed by atoms with Gasteiger partial charge in [-0.3, -0.25) is 14.3 Å². The maximum atomic E-state index is 13.3. The fraction of sp³-hybridized carbons (Fsp3) is 0.348. The van der Waals surface area contributed by atoms with Crippen molar-refractivity contribution in [3.05, 3.63) is 76.6 Å². The average molecular weight is 377 g/mol. The van der Waals surface area contributed by atoms with Crippen molar-refractivity contribution in [3.63, 3.8) is 0 Å². The standard InChI is InChI=1S/C23H27N3O2/c1-3-5-15-25(20(4-2)18-11-7-6-8-12-18)23(28)17-26-21-14-10-9-13-19(21)22(27)16-24-26/h6-14,16,20H,3-5,15,17H2,1-2H3. The highest BCUT2D eigenvalue weighted by molar-refractivity contribution is 5.81. The van der Waals surface area contributed by atoms with Gasteiger partial charge in [0.1, 0.15) is 6.54 Å². The number of para-hydroxylation sites is 1. The molecule has 28 heavy (non-hydrogen) atoms. The van der Waals surface area contributed by atoms with Crippen LogP contribution in [0.25, 0.3) is 10.9 Å². The number of unbranched alkanes of at least 4 members (excludes halogenated alkanes) is 1. The Morgan fingerprint density at radius 2 is 1.79 bits per heavy atom. The van der Waals surface area contributed by atoms with Crippen molar-refractivity contribution in [2.75, 3.05) is 6.54 Å². The van der Waals surface area contributed by atoms with Gasteiger partial charge in [0.25, 0.3) is 0 Å². The fourth-order valence-corrected chi connectivity index (χ4v) is 3.60. The third-order valence-corrected chi connectivity index (χ3v) is 5.07. The third kappa shape index (κ3) is 4.30. The summed E-state index contributed by atoms with van der Waals surface area (Å²) in [5, 5.41) is 4.81. The van der Waals surface area contributed by atoms with Crippen LogP contribution in [0.3, 0.4) is 0 Å². The number of rotatable bonds is 8. The first-order chi connectivity index (χ1) is 13.7. The van der Waals surface area contributed by atoms with Crippen molar-refractivity contribution in [2.24, 2.45) is 0 Å². The Morgan fingerprint density at radius 1 is 1.07 bits per heavy atom. The second kappa shape index (κ2) is 9.31. The summed E-state index contributed by atoms with van der Waals surface area (Å²) in [7, 11) is 0. The van der Waals surface area contributed by atoms with Crippen LogP contribution in [0.15, 0.2) is 65.6 Å². The van der Waals surface area contributed by atoms with Gasteiger partial charge in [-0.1, -0.05) is 62.7 Å². The van der Waals surface area contributed by atoms with Gasteiger partial charge in [0.15, 0.2) is 0 Å². The number of carbonyl (C=O) groups excluding carboxylic acids is 1. The highest BCUT2D eigenvalue weighted by Crippen LogP contribution is 2.25. The van der Waals surface area contributed by atoms with E-state index in [1.54, 1.807) is 10.7 Å². The van der Waals surface area contributed by atoms with Crippen LogP contribution in [0.2, 0.25) is 0 Å². The molecule has 1 aromatic heterocycles. The first kappa shape index (κ1) is 19.8. The summed E-state index contributed by atoms with van der Waals surface area (Å²) in [5.41, 5.74) is 1.71. The monoisotopic (exact) mass is 377 g/mol. The zero-order chi connectivity index (χ0) is 19.9. The molecule has 0 radical (unpaired) electrons. The largest absolute Gasteiger partial charge is 0.334 e. The molecule has 1 atom stereocenters. The van der Waals surface area contributed by atoms with Crippen molar-refractivity contribution in [1.29, 1.82) is 0 Å². The van der Waals surface area contributed by atoms with Crippen LogP contribution >= 0.6 is 0 Å². The van der Waals surface area contributed by atoms with Crippen molar-refractivity contribution in [2.45, 2.75) is 45.7 Å². The summed E-state index contributed by atoms with van der Waals surface area (Å²) in [5.74, 6) is 0.0189. The van der Waals surface area contributed by atoms with Gasteiger partial charge in [0.2, 0.25) is 11.3 Å². The SMILES string of the molecule is CCCCN(C(=O)Cn1ncc(=O)c2ccccc21)C(CC)c1ccccc1. The molecule has 3 rings (SSSR count). The van der Waals surface area contributed by atoms with Gasteiger partial charge in [-0.05, 0) is 30.5 Å². The van der Waals surface area contributed by atoms with Crippen molar-refractivity contribution in [1.82, 2.24) is 14.7 Å². The number of nitrogens with zero attached hydrogens (tertiary/aromatic N) is 3. The van der Waals surface area contributed by atoms with Crippen molar-refractivity contribution < 1.29 is 4.79 Å². The van der Waals surface area contributed by atoms with Gasteiger partial charge in [-0.15, -0.1) is 0 Å². The molecule has 0 saturated carbocycles. The van der Waals surface area contributed by atoms with E-state index >= 15 is 0 Å². The first-order valence-electron chi connectivity index (χ1n) is 9.95. The molecule has 2 aromatic carbocycles. The van der Waals surface area contributed by atoms with Crippen LogP contribution in [-0.2, 0) is 11.3 Å². The maximum absolute atomic E-state index is 13.3. The first-order valence-corrected chi connectivity index (χ1v) is 9.95. The van der Waals surface area contributed by atoms with Gasteiger partial charge < -0.3 is 4.90 Å². The van der Waals surface area contributed by atoms with Gasteiger partial charge in [0.05, 0.1) is 17.8 Å². The molecule has 0 spiro atoms. The summed E-state index contributed by atoms with van der Waals surface area (Å²) in [4.78, 5) is 27.3. The Kier molecular flexibility index (Phi) is 6.58. The summed E-state index contributed by atoms with van der Waals surface area (Å²) in [6, 6.07) is 17.5. The molecule has 0 fully saturated rings. The quantitative estimate of drug-likeness (QED) is 0.592. The lowest BCUT2D eigenvalue weighted by Crippen LogP contribution is -2.38. The second-order valence-electron chi connectivity index (χ2n) is 6.96. The van der Waals surface area contributed by atoms with E-state index in [0.717, 1.165) is 24.8 Å². The summed E-state index contributed by atoms with van der Waals surface area (Å²) in [6.45, 7) is 5.06. The maximum Gasteiger partial charge on any atom is 0.244 e. The molecular formula is C23H27N3O2. The predicted molar refractivity (Wildman–Crippen MR) is 112 cm³/mol. The number of benzene rings is 2. The molecule has 0 saturated heterocycles. The van der Waals surface area contributed by atoms with Crippen LogP contribution < -0.4 is 5.43 Å². The number of aromatic nitrogens is 2. The highest BCUT2D eigenvalue weighted by atomic mass is 16.2. The molecule has 5 heteroatoms. The molecule has 0 aliphatic carbocycles. The van der Waals surface area contributed by atoms with E-state index in [-0.39, 0.29) is 23.9 Å². The van der Waals surface area contributed by atoms with Gasteiger partial charge in [-0.25, -0.2) is 0 Å². The molecule has 3 aromatic rings. The van der Waals surface area contributed by atoms with E-state index < -0.39 is 0 Å². The van der Waals surface area contributed by atoms with E-state index in [9.17, 15) is 9.59 Å². The Balaban J connectivity index is 1.92. The zero-order valence-electron chi connectivity index (χ0n) is 16.5. The van der Waals surface area contributed by atoms with E-state index in [1.807, 2.05) is 41.3 Å². The van der Waals surface area contributed by atoms with Crippen LogP contribution in [-0.4, -0.2) is 27.1 Å². The molecule has 5 nitrogen and oxygen atoms in total. The highest BCUT2D eigenvalue weighted by Gasteiger charge is 2.24. The van der Waals surface area contributed by atoms with Crippen molar-refractivity contribution in [3.8, 4) is 0 Å². The number of fused-ring (bicyclic) bond motifs is 1. The van der Waals surface area contributed by atoms with Gasteiger partial charge >= 0.3 is 0 Å². The number of amides is 1. The minimum atomic E-state index is -0.127. The molecule has 146 valence electrons. The van der Waals surface area contributed by atoms with E-state index in [4.69, 9.17) is 0 Å². The average Bonchev–Trinajstić information content (AvgIpc) is 2.74. The zero-order valence-corrected chi connectivity index (χ0v) is 16.5. The van der Waals surface area contributed by atoms with Crippen LogP contribution in [0.5, 0.6) is 0 Å². The van der Waals surface area contributed by atoms with Crippen LogP contribution in [0.1, 0.15) is 44.7 Å². The molecule has 1 amide bonds. The third-order valence-electron chi connectivity index (χ3n) is 5.07. The molecule has 1 heterocycles. The Morgan fingerprint density at radius 3 is 2.50 bits per heavy atom. The second-order valence-corrected chi connectivity index (χ2v) is 6.96. The van der Waals surface area contributed by atoms with Gasteiger partial charge in [0, 0.05) is 11.9 Å². The summed E-state index contributed by atoms with van der Waals surface area (Å²) in [6.07, 6.45) is 4.11. The Hall–Kier alpha value is -2.95. The Labute approximate surface area is 165 Å². The smallest absolute Gasteiger partial charge is 0.244 e. The molecule has 0 bridgehead atoms. The predicted octanol–water partition coefficient (Wildman–Crippen LogP) is 4.18. The molecule has 0 aliphatic heterocycles. The lowest BCUT2D eigenvalue weighted by Gasteiger charge is -2.32. The lowest BCUT2D eigenvalue weighted by atomic mass is 10.0. The Bertz CT molecular complexity index is 982. The topological polar surface area (TPSA) is 55.2 Å². The number of carbonyl (C=O) groups is 1. The van der Waals surface area contributed by atoms with Gasteiger partial charge in [-0.2, -0.15) is 5.10 Å². The normalized spacial score (nSPS) is 12.1. The summed E-state index contributed by atoms with van der Waals surface area (Å²) < 4.78 is 1.63. The van der Waals surface area contributed by atoms with Crippen LogP contribution in [0, 0.1) is 0 Å². The minimum Gasteiger partial charge on any atom is -0.334 e. The fourth-order valence-electron chi connectivity index (χ4n) is 3.60. The van der Waals surface area contributed by atoms with E-state index in [2.05, 4.69) is 31.1 Å². The van der Waals surface area contributed by atoms with E-state index in [0.29, 0.717) is 17.4 Å². The van der Waals surface area contributed by atoms with Crippen molar-refractivity contribution >= 4 is 16.8 Å². The molecular weight excluding hydrogens is 350 g/mol.